The third-order valence-corrected chi connectivity index (χ3v) is 2.46. The van der Waals surface area contributed by atoms with Crippen molar-refractivity contribution in [1.29, 1.82) is 0 Å². The molecule has 0 unspecified atom stereocenters. The minimum atomic E-state index is -0.245. The van der Waals surface area contributed by atoms with E-state index in [-0.39, 0.29) is 5.91 Å². The second-order valence-electron chi connectivity index (χ2n) is 3.99. The summed E-state index contributed by atoms with van der Waals surface area (Å²) < 4.78 is 0. The van der Waals surface area contributed by atoms with Gasteiger partial charge in [0, 0.05) is 12.7 Å². The van der Waals surface area contributed by atoms with E-state index in [1.54, 1.807) is 7.05 Å². The summed E-state index contributed by atoms with van der Waals surface area (Å²) in [5, 5.41) is 10.6. The molecule has 1 N–H and O–H groups in total. The van der Waals surface area contributed by atoms with E-state index < -0.39 is 0 Å². The van der Waals surface area contributed by atoms with Crippen molar-refractivity contribution >= 4 is 11.6 Å². The molecule has 0 aliphatic carbocycles. The third kappa shape index (κ3) is 2.50. The van der Waals surface area contributed by atoms with Crippen LogP contribution in [0.2, 0.25) is 0 Å². The number of benzene rings is 1. The number of hydrogen-bond acceptors (Lipinski definition) is 3. The van der Waals surface area contributed by atoms with Crippen LogP contribution in [0.15, 0.2) is 24.4 Å². The van der Waals surface area contributed by atoms with Crippen LogP contribution in [0.1, 0.15) is 21.6 Å². The van der Waals surface area contributed by atoms with Gasteiger partial charge in [0.1, 0.15) is 0 Å². The number of carbonyl (C=O) groups is 1. The van der Waals surface area contributed by atoms with Crippen molar-refractivity contribution in [2.45, 2.75) is 13.8 Å². The molecule has 0 saturated carbocycles. The van der Waals surface area contributed by atoms with Crippen molar-refractivity contribution in [3.63, 3.8) is 0 Å². The Morgan fingerprint density at radius 2 is 2.12 bits per heavy atom. The van der Waals surface area contributed by atoms with Crippen molar-refractivity contribution < 1.29 is 4.79 Å². The van der Waals surface area contributed by atoms with Gasteiger partial charge in [0.2, 0.25) is 0 Å². The molecule has 1 amide bonds. The van der Waals surface area contributed by atoms with Gasteiger partial charge in [-0.1, -0.05) is 17.7 Å². The predicted octanol–water partition coefficient (Wildman–Crippen LogP) is 1.68. The van der Waals surface area contributed by atoms with Gasteiger partial charge in [-0.2, -0.15) is 9.90 Å². The van der Waals surface area contributed by atoms with Crippen LogP contribution in [0.25, 0.3) is 0 Å². The van der Waals surface area contributed by atoms with E-state index in [0.29, 0.717) is 5.69 Å². The Bertz CT molecular complexity index is 559. The Balaban J connectivity index is 2.18. The molecule has 1 aromatic carbocycles. The lowest BCUT2D eigenvalue weighted by Gasteiger charge is -2.07. The molecule has 0 aliphatic heterocycles. The van der Waals surface area contributed by atoms with Gasteiger partial charge in [0.15, 0.2) is 5.69 Å². The molecule has 88 valence electrons. The third-order valence-electron chi connectivity index (χ3n) is 2.46. The van der Waals surface area contributed by atoms with Crippen LogP contribution in [0.4, 0.5) is 5.69 Å². The SMILES string of the molecule is Cc1ccc(NC(=O)c2cnn(C)n2)c(C)c1. The largest absolute Gasteiger partial charge is 0.320 e. The number of nitrogens with zero attached hydrogens (tertiary/aromatic N) is 3. The molecule has 0 aliphatic rings. The summed E-state index contributed by atoms with van der Waals surface area (Å²) in [6.45, 7) is 3.97. The van der Waals surface area contributed by atoms with Gasteiger partial charge in [0.05, 0.1) is 6.20 Å². The molecule has 0 bridgehead atoms. The van der Waals surface area contributed by atoms with E-state index in [0.717, 1.165) is 11.3 Å². The summed E-state index contributed by atoms with van der Waals surface area (Å²) in [5.74, 6) is -0.245. The van der Waals surface area contributed by atoms with E-state index in [1.807, 2.05) is 32.0 Å². The van der Waals surface area contributed by atoms with Gasteiger partial charge < -0.3 is 5.32 Å². The number of rotatable bonds is 2. The van der Waals surface area contributed by atoms with E-state index in [1.165, 1.54) is 16.6 Å². The molecule has 5 nitrogen and oxygen atoms in total. The van der Waals surface area contributed by atoms with Crippen molar-refractivity contribution in [3.05, 3.63) is 41.2 Å². The molecule has 0 radical (unpaired) electrons. The highest BCUT2D eigenvalue weighted by Gasteiger charge is 2.10. The van der Waals surface area contributed by atoms with Crippen molar-refractivity contribution in [2.75, 3.05) is 5.32 Å². The van der Waals surface area contributed by atoms with E-state index in [2.05, 4.69) is 15.5 Å². The van der Waals surface area contributed by atoms with Gasteiger partial charge in [-0.15, -0.1) is 5.10 Å². The first-order valence-corrected chi connectivity index (χ1v) is 5.31. The second-order valence-corrected chi connectivity index (χ2v) is 3.99. The van der Waals surface area contributed by atoms with Crippen LogP contribution in [0.5, 0.6) is 0 Å². The van der Waals surface area contributed by atoms with Gasteiger partial charge >= 0.3 is 0 Å². The molecule has 17 heavy (non-hydrogen) atoms. The summed E-state index contributed by atoms with van der Waals surface area (Å²) in [6.07, 6.45) is 1.44. The minimum absolute atomic E-state index is 0.245. The lowest BCUT2D eigenvalue weighted by Crippen LogP contribution is -2.13. The predicted molar refractivity (Wildman–Crippen MR) is 64.9 cm³/mol. The Labute approximate surface area is 99.5 Å². The summed E-state index contributed by atoms with van der Waals surface area (Å²) in [4.78, 5) is 13.2. The number of aryl methyl sites for hydroxylation is 3. The van der Waals surface area contributed by atoms with Crippen LogP contribution in [-0.4, -0.2) is 20.9 Å². The zero-order chi connectivity index (χ0) is 12.4. The van der Waals surface area contributed by atoms with Crippen LogP contribution in [0, 0.1) is 13.8 Å². The maximum Gasteiger partial charge on any atom is 0.277 e. The molecule has 5 heteroatoms. The molecule has 1 aromatic heterocycles. The standard InChI is InChI=1S/C12H14N4O/c1-8-4-5-10(9(2)6-8)14-12(17)11-7-13-16(3)15-11/h4-7H,1-3H3,(H,14,17). The van der Waals surface area contributed by atoms with Gasteiger partial charge in [-0.05, 0) is 25.5 Å². The van der Waals surface area contributed by atoms with Gasteiger partial charge in [0.25, 0.3) is 5.91 Å². The first kappa shape index (κ1) is 11.3. The molecule has 0 atom stereocenters. The molecule has 0 saturated heterocycles. The number of anilines is 1. The summed E-state index contributed by atoms with van der Waals surface area (Å²) in [5.41, 5.74) is 3.31. The zero-order valence-corrected chi connectivity index (χ0v) is 10.1. The van der Waals surface area contributed by atoms with E-state index >= 15 is 0 Å². The fourth-order valence-corrected chi connectivity index (χ4v) is 1.59. The summed E-state index contributed by atoms with van der Waals surface area (Å²) in [6, 6.07) is 5.87. The number of carbonyl (C=O) groups excluding carboxylic acids is 1. The van der Waals surface area contributed by atoms with E-state index in [4.69, 9.17) is 0 Å². The molecule has 0 spiro atoms. The lowest BCUT2D eigenvalue weighted by atomic mass is 10.1. The van der Waals surface area contributed by atoms with Crippen molar-refractivity contribution in [2.24, 2.45) is 7.05 Å². The highest BCUT2D eigenvalue weighted by molar-refractivity contribution is 6.03. The Morgan fingerprint density at radius 1 is 1.35 bits per heavy atom. The number of nitrogens with one attached hydrogen (secondary N) is 1. The lowest BCUT2D eigenvalue weighted by molar-refractivity contribution is 0.102. The number of amides is 1. The zero-order valence-electron chi connectivity index (χ0n) is 10.1. The molecule has 0 fully saturated rings. The van der Waals surface area contributed by atoms with Crippen LogP contribution < -0.4 is 5.32 Å². The van der Waals surface area contributed by atoms with Gasteiger partial charge in [-0.25, -0.2) is 0 Å². The van der Waals surface area contributed by atoms with Gasteiger partial charge in [-0.3, -0.25) is 4.79 Å². The molecular weight excluding hydrogens is 216 g/mol. The monoisotopic (exact) mass is 230 g/mol. The van der Waals surface area contributed by atoms with Crippen molar-refractivity contribution in [1.82, 2.24) is 15.0 Å². The average Bonchev–Trinajstić information content (AvgIpc) is 2.69. The quantitative estimate of drug-likeness (QED) is 0.854. The first-order valence-electron chi connectivity index (χ1n) is 5.31. The second kappa shape index (κ2) is 4.37. The van der Waals surface area contributed by atoms with Crippen LogP contribution in [-0.2, 0) is 7.05 Å². The molecule has 1 heterocycles. The Kier molecular flexibility index (Phi) is 2.91. The van der Waals surface area contributed by atoms with Crippen LogP contribution in [0.3, 0.4) is 0 Å². The minimum Gasteiger partial charge on any atom is -0.320 e. The molecule has 2 aromatic rings. The Morgan fingerprint density at radius 3 is 2.71 bits per heavy atom. The maximum absolute atomic E-state index is 11.8. The molecule has 2 rings (SSSR count). The smallest absolute Gasteiger partial charge is 0.277 e. The fourth-order valence-electron chi connectivity index (χ4n) is 1.59. The van der Waals surface area contributed by atoms with E-state index in [9.17, 15) is 4.79 Å². The van der Waals surface area contributed by atoms with Crippen molar-refractivity contribution in [3.8, 4) is 0 Å². The maximum atomic E-state index is 11.8. The number of hydrogen-bond donors (Lipinski definition) is 1. The topological polar surface area (TPSA) is 59.8 Å². The molecular formula is C12H14N4O. The Hall–Kier alpha value is -2.17. The average molecular weight is 230 g/mol. The highest BCUT2D eigenvalue weighted by atomic mass is 16.2. The normalized spacial score (nSPS) is 10.3. The summed E-state index contributed by atoms with van der Waals surface area (Å²) >= 11 is 0. The highest BCUT2D eigenvalue weighted by Crippen LogP contribution is 2.16. The fraction of sp³-hybridized carbons (Fsp3) is 0.250. The summed E-state index contributed by atoms with van der Waals surface area (Å²) in [7, 11) is 1.67. The first-order chi connectivity index (χ1) is 8.06. The number of aromatic nitrogens is 3. The van der Waals surface area contributed by atoms with Crippen LogP contribution >= 0.6 is 0 Å².